The number of esters is 1. The molecule has 0 saturated carbocycles. The molecule has 194 valence electrons. The van der Waals surface area contributed by atoms with Crippen molar-refractivity contribution in [2.75, 3.05) is 0 Å². The highest BCUT2D eigenvalue weighted by molar-refractivity contribution is 7.47. The second kappa shape index (κ2) is 8.02. The molecule has 0 radical (unpaired) electrons. The number of hydrogen-bond acceptors (Lipinski definition) is 7. The Kier molecular flexibility index (Phi) is 5.47. The second-order valence-electron chi connectivity index (χ2n) is 7.64. The van der Waals surface area contributed by atoms with Crippen LogP contribution in [0.2, 0.25) is 0 Å². The Morgan fingerprint density at radius 1 is 0.757 bits per heavy atom. The predicted octanol–water partition coefficient (Wildman–Crippen LogP) is 3.75. The summed E-state index contributed by atoms with van der Waals surface area (Å²) in [6.07, 6.45) is 0. The van der Waals surface area contributed by atoms with E-state index in [9.17, 15) is 22.7 Å². The summed E-state index contributed by atoms with van der Waals surface area (Å²) < 4.78 is 102. The molecule has 0 aromatic heterocycles. The molecule has 0 unspecified atom stereocenters. The number of fused-ring (bicyclic) bond motifs is 6. The normalized spacial score (nSPS) is 15.4. The maximum atomic E-state index is 15.4. The Morgan fingerprint density at radius 3 is 1.68 bits per heavy atom. The van der Waals surface area contributed by atoms with Crippen LogP contribution in [0, 0.1) is 23.3 Å². The molecular formula is C20H10F4O11P2. The van der Waals surface area contributed by atoms with Gasteiger partial charge in [-0.3, -0.25) is 19.6 Å². The molecule has 0 atom stereocenters. The van der Waals surface area contributed by atoms with Crippen molar-refractivity contribution < 1.29 is 69.6 Å². The minimum Gasteiger partial charge on any atom is -0.450 e. The first kappa shape index (κ1) is 25.2. The van der Waals surface area contributed by atoms with Crippen LogP contribution in [0.25, 0.3) is 0 Å². The van der Waals surface area contributed by atoms with Gasteiger partial charge in [0.25, 0.3) is 0 Å². The number of benzene rings is 3. The van der Waals surface area contributed by atoms with E-state index in [2.05, 4.69) is 9.05 Å². The Morgan fingerprint density at radius 2 is 1.22 bits per heavy atom. The third kappa shape index (κ3) is 3.87. The van der Waals surface area contributed by atoms with Crippen LogP contribution in [0.3, 0.4) is 0 Å². The van der Waals surface area contributed by atoms with E-state index in [-0.39, 0.29) is 11.1 Å². The van der Waals surface area contributed by atoms with Crippen molar-refractivity contribution in [3.05, 3.63) is 81.9 Å². The Balaban J connectivity index is 1.89. The number of carbonyl (C=O) groups excluding carboxylic acids is 1. The summed E-state index contributed by atoms with van der Waals surface area (Å²) in [5.74, 6) is -13.9. The van der Waals surface area contributed by atoms with Crippen LogP contribution in [0.4, 0.5) is 17.6 Å². The summed E-state index contributed by atoms with van der Waals surface area (Å²) in [6, 6.07) is 6.11. The van der Waals surface area contributed by atoms with Crippen LogP contribution in [0.5, 0.6) is 23.0 Å². The summed E-state index contributed by atoms with van der Waals surface area (Å²) in [5.41, 5.74) is -4.19. The Labute approximate surface area is 202 Å². The zero-order valence-electron chi connectivity index (χ0n) is 17.5. The number of halogens is 4. The van der Waals surface area contributed by atoms with E-state index < -0.39 is 84.6 Å². The Hall–Kier alpha value is -3.45. The van der Waals surface area contributed by atoms with Crippen molar-refractivity contribution in [2.24, 2.45) is 0 Å². The van der Waals surface area contributed by atoms with E-state index in [1.54, 1.807) is 0 Å². The summed E-state index contributed by atoms with van der Waals surface area (Å²) >= 11 is 0. The molecule has 2 aliphatic rings. The zero-order valence-corrected chi connectivity index (χ0v) is 19.3. The van der Waals surface area contributed by atoms with E-state index in [0.29, 0.717) is 12.1 Å². The number of rotatable bonds is 4. The largest absolute Gasteiger partial charge is 0.525 e. The van der Waals surface area contributed by atoms with Crippen molar-refractivity contribution in [3.63, 3.8) is 0 Å². The molecule has 0 bridgehead atoms. The summed E-state index contributed by atoms with van der Waals surface area (Å²) in [6.45, 7) is 0. The third-order valence-electron chi connectivity index (χ3n) is 5.42. The van der Waals surface area contributed by atoms with Gasteiger partial charge in [0.15, 0.2) is 28.7 Å². The molecule has 0 amide bonds. The third-order valence-corrected chi connectivity index (χ3v) is 6.26. The molecule has 3 aromatic rings. The number of phosphoric ester groups is 2. The van der Waals surface area contributed by atoms with Crippen molar-refractivity contribution in [1.82, 2.24) is 0 Å². The molecule has 1 spiro atoms. The van der Waals surface area contributed by atoms with Gasteiger partial charge in [0.1, 0.15) is 0 Å². The van der Waals surface area contributed by atoms with E-state index in [1.807, 2.05) is 0 Å². The lowest BCUT2D eigenvalue weighted by Gasteiger charge is -2.37. The van der Waals surface area contributed by atoms with Gasteiger partial charge in [-0.2, -0.15) is 8.78 Å². The SMILES string of the molecule is O=C1OC2(c3ccccc31)c1cc(F)c(OP(=O)(O)O)c(F)c1Oc1c2cc(F)c(OP(=O)(O)O)c1F. The fourth-order valence-electron chi connectivity index (χ4n) is 4.16. The van der Waals surface area contributed by atoms with Crippen molar-refractivity contribution in [3.8, 4) is 23.0 Å². The van der Waals surface area contributed by atoms with E-state index in [0.717, 1.165) is 0 Å². The smallest absolute Gasteiger partial charge is 0.450 e. The van der Waals surface area contributed by atoms with Crippen LogP contribution in [-0.2, 0) is 19.5 Å². The van der Waals surface area contributed by atoms with Crippen LogP contribution in [-0.4, -0.2) is 25.5 Å². The lowest BCUT2D eigenvalue weighted by atomic mass is 9.77. The van der Waals surface area contributed by atoms with Crippen molar-refractivity contribution in [2.45, 2.75) is 5.60 Å². The van der Waals surface area contributed by atoms with Crippen LogP contribution >= 0.6 is 15.6 Å². The molecule has 37 heavy (non-hydrogen) atoms. The maximum absolute atomic E-state index is 15.4. The van der Waals surface area contributed by atoms with Gasteiger partial charge in [0.2, 0.25) is 23.1 Å². The summed E-state index contributed by atoms with van der Waals surface area (Å²) in [4.78, 5) is 48.8. The number of phosphoric acid groups is 2. The summed E-state index contributed by atoms with van der Waals surface area (Å²) in [7, 11) is -11.1. The monoisotopic (exact) mass is 564 g/mol. The highest BCUT2D eigenvalue weighted by Crippen LogP contribution is 2.60. The van der Waals surface area contributed by atoms with E-state index in [4.69, 9.17) is 29.0 Å². The molecule has 0 saturated heterocycles. The molecule has 5 rings (SSSR count). The molecule has 2 aliphatic heterocycles. The van der Waals surface area contributed by atoms with Crippen molar-refractivity contribution in [1.29, 1.82) is 0 Å². The Bertz CT molecular complexity index is 1530. The second-order valence-corrected chi connectivity index (χ2v) is 9.97. The van der Waals surface area contributed by atoms with Crippen LogP contribution in [0.1, 0.15) is 27.0 Å². The molecule has 17 heteroatoms. The van der Waals surface area contributed by atoms with Gasteiger partial charge in [0, 0.05) is 5.56 Å². The van der Waals surface area contributed by atoms with Gasteiger partial charge in [0.05, 0.1) is 16.7 Å². The van der Waals surface area contributed by atoms with Crippen LogP contribution in [0.15, 0.2) is 36.4 Å². The fourth-order valence-corrected chi connectivity index (χ4v) is 4.97. The topological polar surface area (TPSA) is 169 Å². The zero-order chi connectivity index (χ0) is 27.1. The highest BCUT2D eigenvalue weighted by Gasteiger charge is 2.56. The minimum absolute atomic E-state index is 0.157. The molecule has 3 aromatic carbocycles. The van der Waals surface area contributed by atoms with E-state index >= 15 is 8.78 Å². The first-order valence-electron chi connectivity index (χ1n) is 9.70. The van der Waals surface area contributed by atoms with Gasteiger partial charge in [-0.05, 0) is 18.2 Å². The number of hydrogen-bond donors (Lipinski definition) is 4. The number of carbonyl (C=O) groups is 1. The molecule has 4 N–H and O–H groups in total. The quantitative estimate of drug-likeness (QED) is 0.207. The van der Waals surface area contributed by atoms with Crippen molar-refractivity contribution >= 4 is 21.6 Å². The van der Waals surface area contributed by atoms with Gasteiger partial charge >= 0.3 is 21.6 Å². The predicted molar refractivity (Wildman–Crippen MR) is 110 cm³/mol. The van der Waals surface area contributed by atoms with Gasteiger partial charge in [-0.25, -0.2) is 22.7 Å². The number of ether oxygens (including phenoxy) is 2. The highest BCUT2D eigenvalue weighted by atomic mass is 31.2. The average molecular weight is 564 g/mol. The lowest BCUT2D eigenvalue weighted by molar-refractivity contribution is 0.0216. The minimum atomic E-state index is -5.54. The lowest BCUT2D eigenvalue weighted by Crippen LogP contribution is -2.34. The first-order chi connectivity index (χ1) is 17.1. The molecule has 0 fully saturated rings. The molecule has 0 aliphatic carbocycles. The molecular weight excluding hydrogens is 554 g/mol. The first-order valence-corrected chi connectivity index (χ1v) is 12.8. The average Bonchev–Trinajstić information content (AvgIpc) is 3.08. The van der Waals surface area contributed by atoms with Gasteiger partial charge in [-0.15, -0.1) is 0 Å². The molecule has 11 nitrogen and oxygen atoms in total. The van der Waals surface area contributed by atoms with Gasteiger partial charge in [-0.1, -0.05) is 18.2 Å². The van der Waals surface area contributed by atoms with Crippen LogP contribution < -0.4 is 13.8 Å². The summed E-state index contributed by atoms with van der Waals surface area (Å²) in [5, 5.41) is 0. The van der Waals surface area contributed by atoms with E-state index in [1.165, 1.54) is 24.3 Å². The molecule has 2 heterocycles. The fraction of sp³-hybridized carbons (Fsp3) is 0.0500. The standard InChI is InChI=1S/C20H10F4O11P2/c21-11-5-9-15(13(23)17(11)34-36(26,27)28)32-16-10(6-12(22)18(14(16)24)35-37(29,30)31)20(9)8-4-2-1-3-7(8)19(25)33-20/h1-6H,(H2,26,27,28)(H2,29,30,31). The van der Waals surface area contributed by atoms with Gasteiger partial charge < -0.3 is 18.5 Å². The maximum Gasteiger partial charge on any atom is 0.525 e.